The van der Waals surface area contributed by atoms with Gasteiger partial charge in [-0.15, -0.1) is 22.9 Å². The number of benzene rings is 1. The number of hydrogen-bond donors (Lipinski definition) is 0. The van der Waals surface area contributed by atoms with E-state index in [1.807, 2.05) is 49.1 Å². The van der Waals surface area contributed by atoms with Crippen molar-refractivity contribution in [3.8, 4) is 0 Å². The number of carbonyl (C=O) groups excluding carboxylic acids is 2. The molecule has 152 valence electrons. The van der Waals surface area contributed by atoms with Crippen LogP contribution in [0.3, 0.4) is 0 Å². The molecule has 1 heterocycles. The quantitative estimate of drug-likeness (QED) is 0.544. The van der Waals surface area contributed by atoms with Gasteiger partial charge in [0.15, 0.2) is 0 Å². The molecule has 28 heavy (non-hydrogen) atoms. The number of halogens is 1. The Morgan fingerprint density at radius 3 is 2.29 bits per heavy atom. The summed E-state index contributed by atoms with van der Waals surface area (Å²) in [6.45, 7) is 8.75. The Kier molecular flexibility index (Phi) is 8.52. The lowest BCUT2D eigenvalue weighted by Crippen LogP contribution is -2.48. The van der Waals surface area contributed by atoms with E-state index < -0.39 is 5.38 Å². The van der Waals surface area contributed by atoms with Crippen molar-refractivity contribution in [2.75, 3.05) is 6.54 Å². The summed E-state index contributed by atoms with van der Waals surface area (Å²) in [6, 6.07) is 14.0. The van der Waals surface area contributed by atoms with Crippen LogP contribution in [0.25, 0.3) is 0 Å². The summed E-state index contributed by atoms with van der Waals surface area (Å²) in [7, 11) is 0. The summed E-state index contributed by atoms with van der Waals surface area (Å²) in [6.07, 6.45) is 0.769. The summed E-state index contributed by atoms with van der Waals surface area (Å²) in [5.74, 6) is -0.267. The van der Waals surface area contributed by atoms with Gasteiger partial charge in [-0.2, -0.15) is 0 Å². The topological polar surface area (TPSA) is 40.6 Å². The van der Waals surface area contributed by atoms with E-state index in [-0.39, 0.29) is 24.4 Å². The maximum absolute atomic E-state index is 13.2. The minimum Gasteiger partial charge on any atom is -0.332 e. The molecular weight excluding hydrogens is 392 g/mol. The van der Waals surface area contributed by atoms with E-state index in [1.165, 1.54) is 4.88 Å². The fourth-order valence-corrected chi connectivity index (χ4v) is 3.97. The number of alkyl halides is 1. The van der Waals surface area contributed by atoms with Crippen LogP contribution < -0.4 is 0 Å². The average molecular weight is 421 g/mol. The lowest BCUT2D eigenvalue weighted by molar-refractivity contribution is -0.142. The summed E-state index contributed by atoms with van der Waals surface area (Å²) in [5.41, 5.74) is 1.07. The molecule has 0 aliphatic rings. The van der Waals surface area contributed by atoms with Gasteiger partial charge in [-0.05, 0) is 44.9 Å². The summed E-state index contributed by atoms with van der Waals surface area (Å²) >= 11 is 7.72. The molecule has 0 fully saturated rings. The zero-order chi connectivity index (χ0) is 20.7. The van der Waals surface area contributed by atoms with Crippen LogP contribution in [-0.2, 0) is 22.7 Å². The van der Waals surface area contributed by atoms with Gasteiger partial charge in [0, 0.05) is 22.3 Å². The standard InChI is InChI=1S/C22H29ClN2O2S/c1-5-16(2)25(22(27)18(4)23)15-21(26)24(13-19-9-7-6-8-10-19)14-20-12-11-17(3)28-20/h6-12,16,18H,5,13-15H2,1-4H3/t16-,18-/m1/s1. The van der Waals surface area contributed by atoms with E-state index in [1.54, 1.807) is 23.2 Å². The van der Waals surface area contributed by atoms with Gasteiger partial charge < -0.3 is 9.80 Å². The van der Waals surface area contributed by atoms with Gasteiger partial charge in [0.2, 0.25) is 11.8 Å². The van der Waals surface area contributed by atoms with Gasteiger partial charge in [0.05, 0.1) is 6.54 Å². The maximum atomic E-state index is 13.2. The van der Waals surface area contributed by atoms with Gasteiger partial charge in [-0.3, -0.25) is 9.59 Å². The number of rotatable bonds is 9. The Labute approximate surface area is 177 Å². The third-order valence-corrected chi connectivity index (χ3v) is 5.94. The molecule has 0 aliphatic carbocycles. The molecule has 0 saturated heterocycles. The first-order chi connectivity index (χ1) is 13.3. The third kappa shape index (κ3) is 6.35. The van der Waals surface area contributed by atoms with Crippen LogP contribution in [-0.4, -0.2) is 39.6 Å². The first-order valence-electron chi connectivity index (χ1n) is 9.63. The van der Waals surface area contributed by atoms with Gasteiger partial charge in [-0.1, -0.05) is 37.3 Å². The summed E-state index contributed by atoms with van der Waals surface area (Å²) < 4.78 is 0. The van der Waals surface area contributed by atoms with Crippen molar-refractivity contribution in [1.82, 2.24) is 9.80 Å². The van der Waals surface area contributed by atoms with Gasteiger partial charge in [-0.25, -0.2) is 0 Å². The molecule has 2 aromatic rings. The predicted molar refractivity (Wildman–Crippen MR) is 117 cm³/mol. The monoisotopic (exact) mass is 420 g/mol. The van der Waals surface area contributed by atoms with E-state index in [0.717, 1.165) is 16.9 Å². The van der Waals surface area contributed by atoms with Crippen molar-refractivity contribution >= 4 is 34.8 Å². The molecule has 0 aliphatic heterocycles. The Hall–Kier alpha value is -1.85. The number of carbonyl (C=O) groups is 2. The number of hydrogen-bond acceptors (Lipinski definition) is 3. The smallest absolute Gasteiger partial charge is 0.242 e. The zero-order valence-corrected chi connectivity index (χ0v) is 18.6. The van der Waals surface area contributed by atoms with Crippen molar-refractivity contribution in [3.05, 3.63) is 57.8 Å². The van der Waals surface area contributed by atoms with Crippen LogP contribution in [0.4, 0.5) is 0 Å². The molecule has 1 aromatic heterocycles. The van der Waals surface area contributed by atoms with Crippen LogP contribution in [0.2, 0.25) is 0 Å². The van der Waals surface area contributed by atoms with Crippen molar-refractivity contribution in [2.45, 2.75) is 58.6 Å². The summed E-state index contributed by atoms with van der Waals surface area (Å²) in [4.78, 5) is 31.5. The second kappa shape index (κ2) is 10.6. The highest BCUT2D eigenvalue weighted by molar-refractivity contribution is 7.11. The maximum Gasteiger partial charge on any atom is 0.242 e. The first-order valence-corrected chi connectivity index (χ1v) is 10.9. The molecule has 0 spiro atoms. The van der Waals surface area contributed by atoms with Crippen LogP contribution in [0, 0.1) is 6.92 Å². The fraction of sp³-hybridized carbons (Fsp3) is 0.455. The molecule has 0 saturated carbocycles. The number of thiophene rings is 1. The SMILES string of the molecule is CC[C@@H](C)N(CC(=O)N(Cc1ccccc1)Cc1ccc(C)s1)C(=O)[C@@H](C)Cl. The van der Waals surface area contributed by atoms with Crippen LogP contribution >= 0.6 is 22.9 Å². The molecule has 2 atom stereocenters. The zero-order valence-electron chi connectivity index (χ0n) is 17.0. The minimum atomic E-state index is -0.649. The Bertz CT molecular complexity index is 776. The van der Waals surface area contributed by atoms with Crippen LogP contribution in [0.1, 0.15) is 42.5 Å². The molecule has 0 unspecified atom stereocenters. The molecule has 0 radical (unpaired) electrons. The van der Waals surface area contributed by atoms with Crippen LogP contribution in [0.5, 0.6) is 0 Å². The van der Waals surface area contributed by atoms with Crippen molar-refractivity contribution < 1.29 is 9.59 Å². The normalized spacial score (nSPS) is 13.0. The highest BCUT2D eigenvalue weighted by Gasteiger charge is 2.27. The average Bonchev–Trinajstić information content (AvgIpc) is 3.09. The van der Waals surface area contributed by atoms with E-state index in [0.29, 0.717) is 13.1 Å². The highest BCUT2D eigenvalue weighted by Crippen LogP contribution is 2.19. The van der Waals surface area contributed by atoms with E-state index in [9.17, 15) is 9.59 Å². The number of aryl methyl sites for hydroxylation is 1. The third-order valence-electron chi connectivity index (χ3n) is 4.76. The number of nitrogens with zero attached hydrogens (tertiary/aromatic N) is 2. The predicted octanol–water partition coefficient (Wildman–Crippen LogP) is 4.84. The van der Waals surface area contributed by atoms with E-state index >= 15 is 0 Å². The second-order valence-electron chi connectivity index (χ2n) is 7.09. The molecule has 2 amide bonds. The summed E-state index contributed by atoms with van der Waals surface area (Å²) in [5, 5.41) is -0.649. The largest absolute Gasteiger partial charge is 0.332 e. The second-order valence-corrected chi connectivity index (χ2v) is 9.11. The molecule has 2 rings (SSSR count). The Balaban J connectivity index is 2.21. The molecule has 0 bridgehead atoms. The minimum absolute atomic E-state index is 0.0415. The highest BCUT2D eigenvalue weighted by atomic mass is 35.5. The molecule has 1 aromatic carbocycles. The lowest BCUT2D eigenvalue weighted by atomic mass is 10.2. The van der Waals surface area contributed by atoms with Crippen molar-refractivity contribution in [3.63, 3.8) is 0 Å². The number of amides is 2. The van der Waals surface area contributed by atoms with Gasteiger partial charge >= 0.3 is 0 Å². The Morgan fingerprint density at radius 1 is 1.07 bits per heavy atom. The van der Waals surface area contributed by atoms with Crippen LogP contribution in [0.15, 0.2) is 42.5 Å². The first kappa shape index (κ1) is 22.4. The van der Waals surface area contributed by atoms with Crippen molar-refractivity contribution in [2.24, 2.45) is 0 Å². The molecule has 0 N–H and O–H groups in total. The lowest BCUT2D eigenvalue weighted by Gasteiger charge is -2.32. The fourth-order valence-electron chi connectivity index (χ4n) is 2.94. The van der Waals surface area contributed by atoms with Gasteiger partial charge in [0.1, 0.15) is 11.9 Å². The molecule has 6 heteroatoms. The molecular formula is C22H29ClN2O2S. The van der Waals surface area contributed by atoms with Gasteiger partial charge in [0.25, 0.3) is 0 Å². The van der Waals surface area contributed by atoms with E-state index in [4.69, 9.17) is 11.6 Å². The van der Waals surface area contributed by atoms with E-state index in [2.05, 4.69) is 19.1 Å². The Morgan fingerprint density at radius 2 is 1.75 bits per heavy atom. The molecule has 4 nitrogen and oxygen atoms in total. The van der Waals surface area contributed by atoms with Crippen molar-refractivity contribution in [1.29, 1.82) is 0 Å².